The number of nitrogens with two attached hydrogens (primary N) is 1. The summed E-state index contributed by atoms with van der Waals surface area (Å²) in [6.45, 7) is 0. The third kappa shape index (κ3) is 2.79. The van der Waals surface area contributed by atoms with Gasteiger partial charge in [-0.3, -0.25) is 14.9 Å². The van der Waals surface area contributed by atoms with E-state index in [2.05, 4.69) is 20.5 Å². The Hall–Kier alpha value is -2.37. The molecule has 0 bridgehead atoms. The number of H-pyrrole nitrogens is 1. The van der Waals surface area contributed by atoms with Gasteiger partial charge >= 0.3 is 0 Å². The Morgan fingerprint density at radius 1 is 1.45 bits per heavy atom. The van der Waals surface area contributed by atoms with E-state index in [1.54, 1.807) is 6.20 Å². The lowest BCUT2D eigenvalue weighted by atomic mass is 9.78. The molecule has 1 aliphatic carbocycles. The summed E-state index contributed by atoms with van der Waals surface area (Å²) in [4.78, 5) is 16.0. The second kappa shape index (κ2) is 5.32. The van der Waals surface area contributed by atoms with Crippen molar-refractivity contribution in [2.24, 2.45) is 0 Å². The largest absolute Gasteiger partial charge is 0.382 e. The van der Waals surface area contributed by atoms with Crippen molar-refractivity contribution in [1.29, 1.82) is 0 Å². The van der Waals surface area contributed by atoms with E-state index in [1.807, 2.05) is 24.3 Å². The fraction of sp³-hybridized carbons (Fsp3) is 0.357. The second-order valence-corrected chi connectivity index (χ2v) is 5.18. The number of nitrogens with zero attached hydrogens (tertiary/aromatic N) is 2. The van der Waals surface area contributed by atoms with Crippen LogP contribution in [-0.4, -0.2) is 27.1 Å². The highest BCUT2D eigenvalue weighted by atomic mass is 16.1. The van der Waals surface area contributed by atoms with Crippen molar-refractivity contribution in [2.75, 3.05) is 5.73 Å². The first-order valence-corrected chi connectivity index (χ1v) is 6.71. The summed E-state index contributed by atoms with van der Waals surface area (Å²) >= 11 is 0. The lowest BCUT2D eigenvalue weighted by molar-refractivity contribution is -0.121. The molecule has 0 unspecified atom stereocenters. The zero-order chi connectivity index (χ0) is 13.9. The lowest BCUT2D eigenvalue weighted by Gasteiger charge is -2.35. The van der Waals surface area contributed by atoms with Gasteiger partial charge in [0.2, 0.25) is 5.91 Å². The van der Waals surface area contributed by atoms with Crippen molar-refractivity contribution in [3.63, 3.8) is 0 Å². The smallest absolute Gasteiger partial charge is 0.226 e. The van der Waals surface area contributed by atoms with E-state index in [4.69, 9.17) is 5.73 Å². The molecule has 0 radical (unpaired) electrons. The minimum Gasteiger partial charge on any atom is -0.382 e. The molecule has 6 heteroatoms. The number of nitrogen functional groups attached to an aromatic ring is 1. The average molecular weight is 271 g/mol. The summed E-state index contributed by atoms with van der Waals surface area (Å²) < 4.78 is 0. The number of carbonyl (C=O) groups excluding carboxylic acids is 1. The summed E-state index contributed by atoms with van der Waals surface area (Å²) in [6.07, 6.45) is 3.88. The quantitative estimate of drug-likeness (QED) is 0.772. The van der Waals surface area contributed by atoms with Crippen LogP contribution in [-0.2, 0) is 11.2 Å². The molecule has 4 N–H and O–H groups in total. The monoisotopic (exact) mass is 271 g/mol. The first-order valence-electron chi connectivity index (χ1n) is 6.71. The molecule has 104 valence electrons. The number of pyridine rings is 1. The van der Waals surface area contributed by atoms with Crippen molar-refractivity contribution < 1.29 is 4.79 Å². The highest BCUT2D eigenvalue weighted by molar-refractivity contribution is 5.78. The average Bonchev–Trinajstić information content (AvgIpc) is 2.81. The van der Waals surface area contributed by atoms with Gasteiger partial charge in [-0.25, -0.2) is 0 Å². The van der Waals surface area contributed by atoms with Crippen LogP contribution in [0.5, 0.6) is 0 Å². The molecule has 2 heterocycles. The van der Waals surface area contributed by atoms with E-state index < -0.39 is 0 Å². The van der Waals surface area contributed by atoms with E-state index in [9.17, 15) is 4.79 Å². The zero-order valence-corrected chi connectivity index (χ0v) is 11.0. The van der Waals surface area contributed by atoms with Gasteiger partial charge in [0.05, 0.1) is 6.42 Å². The van der Waals surface area contributed by atoms with Crippen LogP contribution in [0.15, 0.2) is 30.5 Å². The van der Waals surface area contributed by atoms with Gasteiger partial charge in [0, 0.05) is 35.6 Å². The predicted molar refractivity (Wildman–Crippen MR) is 74.8 cm³/mol. The van der Waals surface area contributed by atoms with Crippen LogP contribution < -0.4 is 11.1 Å². The summed E-state index contributed by atoms with van der Waals surface area (Å²) in [6, 6.07) is 7.68. The number of aromatic amines is 1. The predicted octanol–water partition coefficient (Wildman–Crippen LogP) is 0.992. The molecule has 1 saturated carbocycles. The van der Waals surface area contributed by atoms with Crippen LogP contribution in [0, 0.1) is 0 Å². The summed E-state index contributed by atoms with van der Waals surface area (Å²) in [5.74, 6) is 0.957. The zero-order valence-electron chi connectivity index (χ0n) is 11.0. The van der Waals surface area contributed by atoms with E-state index in [0.29, 0.717) is 18.2 Å². The number of hydrogen-bond acceptors (Lipinski definition) is 4. The fourth-order valence-corrected chi connectivity index (χ4v) is 2.50. The highest BCUT2D eigenvalue weighted by Gasteiger charge is 2.32. The molecule has 0 aliphatic heterocycles. The Morgan fingerprint density at radius 3 is 2.95 bits per heavy atom. The Bertz CT molecular complexity index is 589. The van der Waals surface area contributed by atoms with Gasteiger partial charge in [-0.1, -0.05) is 6.07 Å². The number of rotatable bonds is 4. The van der Waals surface area contributed by atoms with Gasteiger partial charge in [-0.2, -0.15) is 5.10 Å². The normalized spacial score (nSPS) is 21.2. The molecule has 0 aromatic carbocycles. The van der Waals surface area contributed by atoms with Crippen LogP contribution in [0.2, 0.25) is 0 Å². The molecule has 0 spiro atoms. The van der Waals surface area contributed by atoms with Crippen LogP contribution in [0.4, 0.5) is 5.82 Å². The molecule has 0 atom stereocenters. The molecule has 0 saturated heterocycles. The van der Waals surface area contributed by atoms with Gasteiger partial charge < -0.3 is 11.1 Å². The molecular weight excluding hydrogens is 254 g/mol. The Labute approximate surface area is 116 Å². The summed E-state index contributed by atoms with van der Waals surface area (Å²) in [5.41, 5.74) is 7.42. The maximum atomic E-state index is 11.9. The van der Waals surface area contributed by atoms with Gasteiger partial charge in [-0.15, -0.1) is 0 Å². The molecule has 6 nitrogen and oxygen atoms in total. The molecule has 1 amide bonds. The number of aromatic nitrogens is 3. The van der Waals surface area contributed by atoms with E-state index in [1.165, 1.54) is 0 Å². The molecule has 2 aromatic heterocycles. The SMILES string of the molecule is Nc1cc(C2CC(NC(=O)Cc3ccccn3)C2)[nH]n1. The number of anilines is 1. The van der Waals surface area contributed by atoms with Gasteiger partial charge in [0.1, 0.15) is 5.82 Å². The first-order chi connectivity index (χ1) is 9.70. The standard InChI is InChI=1S/C14H17N5O/c15-13-8-12(18-19-13)9-5-11(6-9)17-14(20)7-10-3-1-2-4-16-10/h1-4,8-9,11H,5-7H2,(H,17,20)(H3,15,18,19). The molecule has 2 aromatic rings. The van der Waals surface area contributed by atoms with Gasteiger partial charge in [-0.05, 0) is 25.0 Å². The second-order valence-electron chi connectivity index (χ2n) is 5.18. The van der Waals surface area contributed by atoms with Crippen LogP contribution >= 0.6 is 0 Å². The Morgan fingerprint density at radius 2 is 2.30 bits per heavy atom. The first kappa shape index (κ1) is 12.7. The third-order valence-corrected chi connectivity index (χ3v) is 3.63. The van der Waals surface area contributed by atoms with Crippen LogP contribution in [0.3, 0.4) is 0 Å². The molecule has 20 heavy (non-hydrogen) atoms. The molecule has 3 rings (SSSR count). The number of carbonyl (C=O) groups is 1. The van der Waals surface area contributed by atoms with Crippen LogP contribution in [0.1, 0.15) is 30.1 Å². The van der Waals surface area contributed by atoms with Gasteiger partial charge in [0.25, 0.3) is 0 Å². The molecular formula is C14H17N5O. The van der Waals surface area contributed by atoms with Crippen molar-refractivity contribution in [3.8, 4) is 0 Å². The maximum Gasteiger partial charge on any atom is 0.226 e. The van der Waals surface area contributed by atoms with Crippen LogP contribution in [0.25, 0.3) is 0 Å². The Balaban J connectivity index is 1.46. The molecule has 1 aliphatic rings. The van der Waals surface area contributed by atoms with E-state index in [-0.39, 0.29) is 11.9 Å². The van der Waals surface area contributed by atoms with E-state index in [0.717, 1.165) is 24.2 Å². The van der Waals surface area contributed by atoms with Gasteiger partial charge in [0.15, 0.2) is 0 Å². The Kier molecular flexibility index (Phi) is 3.37. The number of amides is 1. The molecule has 1 fully saturated rings. The van der Waals surface area contributed by atoms with Crippen molar-refractivity contribution >= 4 is 11.7 Å². The minimum absolute atomic E-state index is 0.0243. The lowest BCUT2D eigenvalue weighted by Crippen LogP contribution is -2.44. The fourth-order valence-electron chi connectivity index (χ4n) is 2.50. The topological polar surface area (TPSA) is 96.7 Å². The highest BCUT2D eigenvalue weighted by Crippen LogP contribution is 2.36. The van der Waals surface area contributed by atoms with Crippen molar-refractivity contribution in [2.45, 2.75) is 31.2 Å². The van der Waals surface area contributed by atoms with Crippen molar-refractivity contribution in [1.82, 2.24) is 20.5 Å². The maximum absolute atomic E-state index is 11.9. The summed E-state index contributed by atoms with van der Waals surface area (Å²) in [7, 11) is 0. The number of hydrogen-bond donors (Lipinski definition) is 3. The number of nitrogens with one attached hydrogen (secondary N) is 2. The van der Waals surface area contributed by atoms with E-state index >= 15 is 0 Å². The van der Waals surface area contributed by atoms with Crippen molar-refractivity contribution in [3.05, 3.63) is 41.9 Å². The summed E-state index contributed by atoms with van der Waals surface area (Å²) in [5, 5.41) is 9.87. The third-order valence-electron chi connectivity index (χ3n) is 3.63. The minimum atomic E-state index is 0.0243.